The third kappa shape index (κ3) is 8.61. The molecule has 1 fully saturated rings. The summed E-state index contributed by atoms with van der Waals surface area (Å²) in [5, 5.41) is 2.86. The van der Waals surface area contributed by atoms with Crippen molar-refractivity contribution in [3.63, 3.8) is 0 Å². The van der Waals surface area contributed by atoms with Crippen LogP contribution in [-0.2, 0) is 16.1 Å². The molecule has 0 atom stereocenters. The molecule has 7 heteroatoms. The second kappa shape index (κ2) is 11.2. The lowest BCUT2D eigenvalue weighted by Crippen LogP contribution is -2.44. The van der Waals surface area contributed by atoms with E-state index in [9.17, 15) is 9.59 Å². The van der Waals surface area contributed by atoms with E-state index in [1.807, 2.05) is 59.0 Å². The second-order valence-electron chi connectivity index (χ2n) is 8.93. The predicted molar refractivity (Wildman–Crippen MR) is 117 cm³/mol. The van der Waals surface area contributed by atoms with Crippen LogP contribution in [0.2, 0.25) is 0 Å². The van der Waals surface area contributed by atoms with Crippen molar-refractivity contribution < 1.29 is 19.1 Å². The van der Waals surface area contributed by atoms with E-state index in [0.29, 0.717) is 32.2 Å². The summed E-state index contributed by atoms with van der Waals surface area (Å²) in [7, 11) is 1.84. The lowest BCUT2D eigenvalue weighted by molar-refractivity contribution is -0.132. The van der Waals surface area contributed by atoms with Gasteiger partial charge in [0.1, 0.15) is 11.4 Å². The molecule has 2 rings (SSSR count). The van der Waals surface area contributed by atoms with Crippen molar-refractivity contribution in [2.45, 2.75) is 52.7 Å². The van der Waals surface area contributed by atoms with E-state index in [1.165, 1.54) is 0 Å². The first kappa shape index (κ1) is 24.0. The summed E-state index contributed by atoms with van der Waals surface area (Å²) in [5.74, 6) is 1.39. The van der Waals surface area contributed by atoms with E-state index < -0.39 is 5.60 Å². The number of rotatable bonds is 8. The molecule has 2 amide bonds. The zero-order valence-corrected chi connectivity index (χ0v) is 19.1. The molecule has 1 saturated heterocycles. The van der Waals surface area contributed by atoms with Crippen LogP contribution in [0, 0.1) is 5.92 Å². The maximum Gasteiger partial charge on any atom is 0.407 e. The van der Waals surface area contributed by atoms with E-state index >= 15 is 0 Å². The number of nitrogens with one attached hydrogen (secondary N) is 1. The number of carbonyl (C=O) groups is 2. The van der Waals surface area contributed by atoms with Gasteiger partial charge in [0.25, 0.3) is 0 Å². The number of nitrogens with zero attached hydrogens (tertiary/aromatic N) is 2. The number of hydrogen-bond acceptors (Lipinski definition) is 5. The number of ether oxygens (including phenoxy) is 2. The minimum atomic E-state index is -0.481. The number of hydrogen-bond donors (Lipinski definition) is 1. The number of likely N-dealkylation sites (tertiary alicyclic amines) is 1. The van der Waals surface area contributed by atoms with Crippen molar-refractivity contribution in [1.82, 2.24) is 15.1 Å². The zero-order valence-electron chi connectivity index (χ0n) is 19.1. The largest absolute Gasteiger partial charge is 0.494 e. The van der Waals surface area contributed by atoms with E-state index in [0.717, 1.165) is 37.2 Å². The van der Waals surface area contributed by atoms with Gasteiger partial charge in [-0.15, -0.1) is 0 Å². The Morgan fingerprint density at radius 1 is 1.17 bits per heavy atom. The molecule has 0 unspecified atom stereocenters. The Bertz CT molecular complexity index is 677. The van der Waals surface area contributed by atoms with Crippen molar-refractivity contribution in [3.05, 3.63) is 29.8 Å². The van der Waals surface area contributed by atoms with Gasteiger partial charge >= 0.3 is 6.09 Å². The van der Waals surface area contributed by atoms with Gasteiger partial charge < -0.3 is 19.7 Å². The first-order valence-electron chi connectivity index (χ1n) is 10.8. The van der Waals surface area contributed by atoms with Crippen LogP contribution in [-0.4, -0.2) is 67.2 Å². The Kier molecular flexibility index (Phi) is 8.96. The summed E-state index contributed by atoms with van der Waals surface area (Å²) < 4.78 is 10.7. The average Bonchev–Trinajstić information content (AvgIpc) is 2.68. The summed E-state index contributed by atoms with van der Waals surface area (Å²) in [5.41, 5.74) is 0.603. The molecule has 168 valence electrons. The molecule has 0 aromatic heterocycles. The molecule has 0 aliphatic carbocycles. The maximum atomic E-state index is 12.6. The molecule has 1 aliphatic rings. The molecule has 1 N–H and O–H groups in total. The van der Waals surface area contributed by atoms with Gasteiger partial charge in [-0.2, -0.15) is 0 Å². The highest BCUT2D eigenvalue weighted by Crippen LogP contribution is 2.17. The molecule has 7 nitrogen and oxygen atoms in total. The van der Waals surface area contributed by atoms with Crippen LogP contribution >= 0.6 is 0 Å². The van der Waals surface area contributed by atoms with E-state index in [4.69, 9.17) is 9.47 Å². The van der Waals surface area contributed by atoms with Gasteiger partial charge in [-0.1, -0.05) is 12.1 Å². The minimum absolute atomic E-state index is 0.120. The molecular weight excluding hydrogens is 382 g/mol. The molecule has 1 aromatic rings. The molecule has 30 heavy (non-hydrogen) atoms. The molecule has 1 aromatic carbocycles. The molecule has 0 bridgehead atoms. The first-order chi connectivity index (χ1) is 14.2. The highest BCUT2D eigenvalue weighted by atomic mass is 16.6. The average molecular weight is 420 g/mol. The fourth-order valence-corrected chi connectivity index (χ4v) is 3.42. The molecule has 0 saturated carbocycles. The lowest BCUT2D eigenvalue weighted by Gasteiger charge is -2.32. The third-order valence-corrected chi connectivity index (χ3v) is 5.08. The smallest absolute Gasteiger partial charge is 0.407 e. The van der Waals surface area contributed by atoms with E-state index in [-0.39, 0.29) is 12.0 Å². The van der Waals surface area contributed by atoms with Gasteiger partial charge in [0, 0.05) is 20.1 Å². The monoisotopic (exact) mass is 419 g/mol. The number of benzene rings is 1. The highest BCUT2D eigenvalue weighted by molar-refractivity contribution is 5.78. The van der Waals surface area contributed by atoms with Gasteiger partial charge in [-0.25, -0.2) is 4.79 Å². The molecule has 1 heterocycles. The molecule has 0 radical (unpaired) electrons. The van der Waals surface area contributed by atoms with Crippen LogP contribution in [0.4, 0.5) is 4.79 Å². The molecule has 0 spiro atoms. The topological polar surface area (TPSA) is 71.1 Å². The normalized spacial score (nSPS) is 15.5. The molecule has 1 aliphatic heterocycles. The van der Waals surface area contributed by atoms with Gasteiger partial charge in [0.05, 0.1) is 13.2 Å². The quantitative estimate of drug-likeness (QED) is 0.700. The summed E-state index contributed by atoms with van der Waals surface area (Å²) >= 11 is 0. The molecular formula is C23H37N3O4. The van der Waals surface area contributed by atoms with Gasteiger partial charge in [-0.3, -0.25) is 9.69 Å². The summed E-state index contributed by atoms with van der Waals surface area (Å²) in [6.07, 6.45) is 1.56. The lowest BCUT2D eigenvalue weighted by atomic mass is 9.97. The van der Waals surface area contributed by atoms with Crippen molar-refractivity contribution >= 4 is 12.0 Å². The van der Waals surface area contributed by atoms with E-state index in [2.05, 4.69) is 10.2 Å². The van der Waals surface area contributed by atoms with Crippen molar-refractivity contribution in [2.75, 3.05) is 39.8 Å². The fraction of sp³-hybridized carbons (Fsp3) is 0.652. The number of amides is 2. The standard InChI is InChI=1S/C23H37N3O4/c1-6-29-20-9-7-19(8-10-20)16-25(5)21(27)17-26-13-11-18(12-14-26)15-24-22(28)30-23(2,3)4/h7-10,18H,6,11-17H2,1-5H3,(H,24,28). The van der Waals surface area contributed by atoms with Gasteiger partial charge in [-0.05, 0) is 77.2 Å². The van der Waals surface area contributed by atoms with Crippen LogP contribution in [0.1, 0.15) is 46.1 Å². The maximum absolute atomic E-state index is 12.6. The van der Waals surface area contributed by atoms with Crippen LogP contribution in [0.25, 0.3) is 0 Å². The summed E-state index contributed by atoms with van der Waals surface area (Å²) in [4.78, 5) is 28.4. The first-order valence-corrected chi connectivity index (χ1v) is 10.8. The Morgan fingerprint density at radius 2 is 1.80 bits per heavy atom. The van der Waals surface area contributed by atoms with Gasteiger partial charge in [0.15, 0.2) is 0 Å². The Labute approximate surface area is 180 Å². The van der Waals surface area contributed by atoms with Crippen molar-refractivity contribution in [2.24, 2.45) is 5.92 Å². The predicted octanol–water partition coefficient (Wildman–Crippen LogP) is 3.28. The van der Waals surface area contributed by atoms with Crippen molar-refractivity contribution in [3.8, 4) is 5.75 Å². The summed E-state index contributed by atoms with van der Waals surface area (Å²) in [6.45, 7) is 11.5. The number of alkyl carbamates (subject to hydrolysis) is 1. The third-order valence-electron chi connectivity index (χ3n) is 5.08. The Hall–Kier alpha value is -2.28. The minimum Gasteiger partial charge on any atom is -0.494 e. The number of piperidine rings is 1. The van der Waals surface area contributed by atoms with Crippen LogP contribution < -0.4 is 10.1 Å². The Morgan fingerprint density at radius 3 is 2.37 bits per heavy atom. The zero-order chi connectivity index (χ0) is 22.1. The van der Waals surface area contributed by atoms with E-state index in [1.54, 1.807) is 4.90 Å². The van der Waals surface area contributed by atoms with Crippen molar-refractivity contribution in [1.29, 1.82) is 0 Å². The van der Waals surface area contributed by atoms with Gasteiger partial charge in [0.2, 0.25) is 5.91 Å². The fourth-order valence-electron chi connectivity index (χ4n) is 3.42. The number of likely N-dealkylation sites (N-methyl/N-ethyl adjacent to an activating group) is 1. The SMILES string of the molecule is CCOc1ccc(CN(C)C(=O)CN2CCC(CNC(=O)OC(C)(C)C)CC2)cc1. The van der Waals surface area contributed by atoms with Crippen LogP contribution in [0.5, 0.6) is 5.75 Å². The summed E-state index contributed by atoms with van der Waals surface area (Å²) in [6, 6.07) is 7.87. The Balaban J connectivity index is 1.68. The highest BCUT2D eigenvalue weighted by Gasteiger charge is 2.23. The van der Waals surface area contributed by atoms with Crippen LogP contribution in [0.15, 0.2) is 24.3 Å². The second-order valence-corrected chi connectivity index (χ2v) is 8.93. The van der Waals surface area contributed by atoms with Crippen LogP contribution in [0.3, 0.4) is 0 Å². The number of carbonyl (C=O) groups excluding carboxylic acids is 2.